The zero-order chi connectivity index (χ0) is 14.6. The standard InChI is InChI=1S/C15H22FN3O/c1-3-4-7-18-11-5-6-13(16)12(8-11)15(2)10-20-9-14(17)19-15/h5-6,8,18H,3-4,7,9-10H2,1-2H3,(H2,17,19). The topological polar surface area (TPSA) is 59.6 Å². The third kappa shape index (κ3) is 3.28. The van der Waals surface area contributed by atoms with Crippen molar-refractivity contribution in [2.45, 2.75) is 32.2 Å². The molecule has 0 aromatic heterocycles. The van der Waals surface area contributed by atoms with Crippen molar-refractivity contribution < 1.29 is 9.13 Å². The van der Waals surface area contributed by atoms with Crippen LogP contribution in [0.1, 0.15) is 32.3 Å². The van der Waals surface area contributed by atoms with E-state index in [2.05, 4.69) is 17.2 Å². The number of aliphatic imine (C=N–C) groups is 1. The molecule has 1 aromatic rings. The molecule has 1 aliphatic rings. The highest BCUT2D eigenvalue weighted by Crippen LogP contribution is 2.32. The van der Waals surface area contributed by atoms with Crippen molar-refractivity contribution in [1.29, 1.82) is 0 Å². The Labute approximate surface area is 119 Å². The predicted octanol–water partition coefficient (Wildman–Crippen LogP) is 2.64. The molecular formula is C15H22FN3O. The molecule has 1 unspecified atom stereocenters. The number of hydrogen-bond donors (Lipinski definition) is 2. The summed E-state index contributed by atoms with van der Waals surface area (Å²) in [4.78, 5) is 4.38. The van der Waals surface area contributed by atoms with E-state index < -0.39 is 5.54 Å². The van der Waals surface area contributed by atoms with Gasteiger partial charge in [0.25, 0.3) is 0 Å². The van der Waals surface area contributed by atoms with Crippen LogP contribution in [0.3, 0.4) is 0 Å². The van der Waals surface area contributed by atoms with Gasteiger partial charge in [0.15, 0.2) is 0 Å². The summed E-state index contributed by atoms with van der Waals surface area (Å²) in [5, 5.41) is 3.29. The monoisotopic (exact) mass is 279 g/mol. The van der Waals surface area contributed by atoms with Gasteiger partial charge < -0.3 is 15.8 Å². The SMILES string of the molecule is CCCCNc1ccc(F)c(C2(C)COCC(N)=N2)c1. The highest BCUT2D eigenvalue weighted by atomic mass is 19.1. The van der Waals surface area contributed by atoms with Crippen molar-refractivity contribution in [3.8, 4) is 0 Å². The molecule has 2 rings (SSSR count). The quantitative estimate of drug-likeness (QED) is 0.815. The maximum absolute atomic E-state index is 14.1. The van der Waals surface area contributed by atoms with Crippen LogP contribution in [-0.2, 0) is 10.3 Å². The Bertz CT molecular complexity index is 504. The molecule has 0 spiro atoms. The first-order valence-corrected chi connectivity index (χ1v) is 7.01. The van der Waals surface area contributed by atoms with Crippen LogP contribution in [0, 0.1) is 5.82 Å². The normalized spacial score (nSPS) is 22.4. The van der Waals surface area contributed by atoms with Gasteiger partial charge in [0, 0.05) is 17.8 Å². The number of ether oxygens (including phenoxy) is 1. The minimum absolute atomic E-state index is 0.282. The number of benzene rings is 1. The molecule has 1 heterocycles. The first-order valence-electron chi connectivity index (χ1n) is 7.01. The first-order chi connectivity index (χ1) is 9.55. The van der Waals surface area contributed by atoms with E-state index in [1.807, 2.05) is 6.92 Å². The summed E-state index contributed by atoms with van der Waals surface area (Å²) in [6, 6.07) is 5.01. The van der Waals surface area contributed by atoms with Gasteiger partial charge in [0.2, 0.25) is 0 Å². The number of rotatable bonds is 5. The molecule has 1 aromatic carbocycles. The summed E-state index contributed by atoms with van der Waals surface area (Å²) in [5.74, 6) is 0.123. The number of nitrogens with two attached hydrogens (primary N) is 1. The van der Waals surface area contributed by atoms with Crippen LogP contribution in [0.25, 0.3) is 0 Å². The average Bonchev–Trinajstić information content (AvgIpc) is 2.40. The van der Waals surface area contributed by atoms with Crippen molar-refractivity contribution in [1.82, 2.24) is 0 Å². The van der Waals surface area contributed by atoms with Crippen LogP contribution >= 0.6 is 0 Å². The summed E-state index contributed by atoms with van der Waals surface area (Å²) < 4.78 is 19.5. The number of unbranched alkanes of at least 4 members (excludes halogenated alkanes) is 1. The smallest absolute Gasteiger partial charge is 0.129 e. The molecule has 0 fully saturated rings. The van der Waals surface area contributed by atoms with Gasteiger partial charge >= 0.3 is 0 Å². The number of nitrogens with one attached hydrogen (secondary N) is 1. The van der Waals surface area contributed by atoms with Gasteiger partial charge in [-0.05, 0) is 31.5 Å². The van der Waals surface area contributed by atoms with Gasteiger partial charge in [-0.1, -0.05) is 13.3 Å². The van der Waals surface area contributed by atoms with Crippen molar-refractivity contribution in [2.75, 3.05) is 25.1 Å². The average molecular weight is 279 g/mol. The second-order valence-electron chi connectivity index (χ2n) is 5.34. The lowest BCUT2D eigenvalue weighted by molar-refractivity contribution is 0.104. The third-order valence-corrected chi connectivity index (χ3v) is 3.43. The zero-order valence-electron chi connectivity index (χ0n) is 12.1. The molecule has 110 valence electrons. The Balaban J connectivity index is 2.26. The molecule has 20 heavy (non-hydrogen) atoms. The predicted molar refractivity (Wildman–Crippen MR) is 79.6 cm³/mol. The fourth-order valence-corrected chi connectivity index (χ4v) is 2.33. The summed E-state index contributed by atoms with van der Waals surface area (Å²) >= 11 is 0. The van der Waals surface area contributed by atoms with Crippen LogP contribution in [0.2, 0.25) is 0 Å². The van der Waals surface area contributed by atoms with E-state index in [-0.39, 0.29) is 5.82 Å². The lowest BCUT2D eigenvalue weighted by Gasteiger charge is -2.30. The van der Waals surface area contributed by atoms with Gasteiger partial charge in [0.05, 0.1) is 6.61 Å². The maximum atomic E-state index is 14.1. The summed E-state index contributed by atoms with van der Waals surface area (Å²) in [5.41, 5.74) is 6.38. The number of halogens is 1. The number of amidine groups is 1. The van der Waals surface area contributed by atoms with Gasteiger partial charge in [-0.2, -0.15) is 0 Å². The molecule has 5 heteroatoms. The van der Waals surface area contributed by atoms with E-state index in [1.165, 1.54) is 6.07 Å². The Morgan fingerprint density at radius 2 is 2.30 bits per heavy atom. The second-order valence-corrected chi connectivity index (χ2v) is 5.34. The van der Waals surface area contributed by atoms with Crippen LogP contribution in [0.5, 0.6) is 0 Å². The van der Waals surface area contributed by atoms with E-state index in [0.717, 1.165) is 25.1 Å². The van der Waals surface area contributed by atoms with Crippen molar-refractivity contribution >= 4 is 11.5 Å². The molecule has 1 atom stereocenters. The van der Waals surface area contributed by atoms with Crippen molar-refractivity contribution in [3.63, 3.8) is 0 Å². The van der Waals surface area contributed by atoms with Crippen LogP contribution in [0.15, 0.2) is 23.2 Å². The van der Waals surface area contributed by atoms with Crippen LogP contribution in [-0.4, -0.2) is 25.6 Å². The third-order valence-electron chi connectivity index (χ3n) is 3.43. The Hall–Kier alpha value is -1.62. The lowest BCUT2D eigenvalue weighted by atomic mass is 9.92. The summed E-state index contributed by atoms with van der Waals surface area (Å²) in [7, 11) is 0. The van der Waals surface area contributed by atoms with Crippen LogP contribution in [0.4, 0.5) is 10.1 Å². The van der Waals surface area contributed by atoms with Gasteiger partial charge in [-0.15, -0.1) is 0 Å². The van der Waals surface area contributed by atoms with E-state index >= 15 is 0 Å². The number of nitrogens with zero attached hydrogens (tertiary/aromatic N) is 1. The molecule has 4 nitrogen and oxygen atoms in total. The molecule has 3 N–H and O–H groups in total. The van der Waals surface area contributed by atoms with E-state index in [1.54, 1.807) is 12.1 Å². The Morgan fingerprint density at radius 1 is 1.50 bits per heavy atom. The van der Waals surface area contributed by atoms with Crippen molar-refractivity contribution in [3.05, 3.63) is 29.6 Å². The Kier molecular flexibility index (Phi) is 4.60. The van der Waals surface area contributed by atoms with Gasteiger partial charge in [-0.3, -0.25) is 4.99 Å². The minimum Gasteiger partial charge on any atom is -0.386 e. The molecule has 0 aliphatic carbocycles. The number of anilines is 1. The summed E-state index contributed by atoms with van der Waals surface area (Å²) in [6.45, 7) is 5.50. The Morgan fingerprint density at radius 3 is 3.00 bits per heavy atom. The molecule has 0 radical (unpaired) electrons. The zero-order valence-corrected chi connectivity index (χ0v) is 12.1. The van der Waals surface area contributed by atoms with E-state index in [4.69, 9.17) is 10.5 Å². The molecular weight excluding hydrogens is 257 g/mol. The fourth-order valence-electron chi connectivity index (χ4n) is 2.33. The van der Waals surface area contributed by atoms with Gasteiger partial charge in [-0.25, -0.2) is 4.39 Å². The highest BCUT2D eigenvalue weighted by Gasteiger charge is 2.32. The minimum atomic E-state index is -0.755. The highest BCUT2D eigenvalue weighted by molar-refractivity contribution is 5.82. The molecule has 0 bridgehead atoms. The van der Waals surface area contributed by atoms with Gasteiger partial charge in [0.1, 0.15) is 23.8 Å². The van der Waals surface area contributed by atoms with E-state index in [0.29, 0.717) is 24.6 Å². The second kappa shape index (κ2) is 6.22. The van der Waals surface area contributed by atoms with Crippen LogP contribution < -0.4 is 11.1 Å². The fraction of sp³-hybridized carbons (Fsp3) is 0.533. The lowest BCUT2D eigenvalue weighted by Crippen LogP contribution is -2.38. The molecule has 0 saturated carbocycles. The largest absolute Gasteiger partial charge is 0.386 e. The molecule has 1 aliphatic heterocycles. The molecule has 0 amide bonds. The van der Waals surface area contributed by atoms with Crippen molar-refractivity contribution in [2.24, 2.45) is 10.7 Å². The summed E-state index contributed by atoms with van der Waals surface area (Å²) in [6.07, 6.45) is 2.20. The molecule has 0 saturated heterocycles. The van der Waals surface area contributed by atoms with E-state index in [9.17, 15) is 4.39 Å². The first kappa shape index (κ1) is 14.8. The maximum Gasteiger partial charge on any atom is 0.129 e. The number of hydrogen-bond acceptors (Lipinski definition) is 4.